The van der Waals surface area contributed by atoms with Crippen LogP contribution in [-0.4, -0.2) is 10.3 Å². The van der Waals surface area contributed by atoms with Gasteiger partial charge in [0.2, 0.25) is 0 Å². The number of nitrogens with zero attached hydrogens (tertiary/aromatic N) is 2. The molecule has 0 fully saturated rings. The molecule has 0 atom stereocenters. The van der Waals surface area contributed by atoms with E-state index in [0.717, 1.165) is 22.2 Å². The van der Waals surface area contributed by atoms with Gasteiger partial charge < -0.3 is 9.05 Å². The maximum atomic E-state index is 13.0. The number of halogens is 2. The molecule has 2 aromatic heterocycles. The van der Waals surface area contributed by atoms with E-state index in [-0.39, 0.29) is 11.6 Å². The Bertz CT molecular complexity index is 989. The molecule has 4 nitrogen and oxygen atoms in total. The highest BCUT2D eigenvalue weighted by Gasteiger charge is 2.07. The quantitative estimate of drug-likeness (QED) is 0.465. The molecule has 6 heteroatoms. The average molecular weight is 316 g/mol. The van der Waals surface area contributed by atoms with Crippen molar-refractivity contribution in [3.8, 4) is 0 Å². The lowest BCUT2D eigenvalue weighted by Gasteiger charge is -1.93. The predicted octanol–water partition coefficient (Wildman–Crippen LogP) is 4.86. The van der Waals surface area contributed by atoms with Crippen LogP contribution in [0.1, 0.15) is 17.0 Å². The van der Waals surface area contributed by atoms with Gasteiger partial charge in [0.25, 0.3) is 0 Å². The van der Waals surface area contributed by atoms with Crippen molar-refractivity contribution in [2.75, 3.05) is 0 Å². The number of rotatable bonds is 0. The summed E-state index contributed by atoms with van der Waals surface area (Å²) in [4.78, 5) is 0. The van der Waals surface area contributed by atoms with E-state index in [1.165, 1.54) is 18.2 Å². The lowest BCUT2D eigenvalue weighted by molar-refractivity contribution is 0.448. The molecule has 0 unspecified atom stereocenters. The van der Waals surface area contributed by atoms with Crippen LogP contribution in [0.2, 0.25) is 0 Å². The van der Waals surface area contributed by atoms with Crippen LogP contribution in [0.3, 0.4) is 0 Å². The van der Waals surface area contributed by atoms with E-state index < -0.39 is 0 Å². The minimum Gasteiger partial charge on any atom is -0.356 e. The number of benzene rings is 2. The van der Waals surface area contributed by atoms with Crippen molar-refractivity contribution in [1.29, 1.82) is 0 Å². The second kappa shape index (κ2) is 5.79. The molecular weight excluding hydrogens is 302 g/mol. The van der Waals surface area contributed by atoms with Gasteiger partial charge in [-0.3, -0.25) is 0 Å². The number of hydrogen-bond donors (Lipinski definition) is 0. The van der Waals surface area contributed by atoms with Crippen molar-refractivity contribution in [3.05, 3.63) is 58.9 Å². The second-order valence-electron chi connectivity index (χ2n) is 5.27. The minimum absolute atomic E-state index is 0.251. The molecule has 0 radical (unpaired) electrons. The summed E-state index contributed by atoms with van der Waals surface area (Å²) in [6.45, 7) is 5.38. The van der Waals surface area contributed by atoms with Crippen molar-refractivity contribution in [3.63, 3.8) is 0 Å². The predicted molar refractivity (Wildman–Crippen MR) is 82.1 cm³/mol. The number of hydrogen-bond acceptors (Lipinski definition) is 4. The SMILES string of the molecule is Cc1cc2c(C)noc2cc1F.Cc1noc2cc(F)ccc12. The monoisotopic (exact) mass is 316 g/mol. The van der Waals surface area contributed by atoms with E-state index >= 15 is 0 Å². The smallest absolute Gasteiger partial charge is 0.170 e. The highest BCUT2D eigenvalue weighted by Crippen LogP contribution is 2.21. The van der Waals surface area contributed by atoms with Crippen LogP contribution in [0.25, 0.3) is 21.9 Å². The molecule has 0 saturated carbocycles. The van der Waals surface area contributed by atoms with Crippen molar-refractivity contribution >= 4 is 21.9 Å². The number of aromatic nitrogens is 2. The Morgan fingerprint density at radius 1 is 0.783 bits per heavy atom. The molecular formula is C17H14F2N2O2. The fourth-order valence-corrected chi connectivity index (χ4v) is 2.23. The third-order valence-electron chi connectivity index (χ3n) is 3.55. The van der Waals surface area contributed by atoms with Crippen molar-refractivity contribution in [2.24, 2.45) is 0 Å². The van der Waals surface area contributed by atoms with E-state index in [4.69, 9.17) is 9.05 Å². The summed E-state index contributed by atoms with van der Waals surface area (Å²) in [7, 11) is 0. The molecule has 118 valence electrons. The van der Waals surface area contributed by atoms with Crippen LogP contribution in [0.15, 0.2) is 39.4 Å². The fourth-order valence-electron chi connectivity index (χ4n) is 2.23. The Morgan fingerprint density at radius 2 is 1.39 bits per heavy atom. The molecule has 0 amide bonds. The normalized spacial score (nSPS) is 10.8. The van der Waals surface area contributed by atoms with Gasteiger partial charge in [-0.25, -0.2) is 8.78 Å². The summed E-state index contributed by atoms with van der Waals surface area (Å²) in [5.41, 5.74) is 3.22. The third-order valence-corrected chi connectivity index (χ3v) is 3.55. The lowest BCUT2D eigenvalue weighted by Crippen LogP contribution is -1.80. The van der Waals surface area contributed by atoms with Gasteiger partial charge in [-0.05, 0) is 44.5 Å². The van der Waals surface area contributed by atoms with Gasteiger partial charge in [-0.1, -0.05) is 10.3 Å². The first-order valence-electron chi connectivity index (χ1n) is 6.99. The van der Waals surface area contributed by atoms with Crippen LogP contribution < -0.4 is 0 Å². The summed E-state index contributed by atoms with van der Waals surface area (Å²) in [6.07, 6.45) is 0. The van der Waals surface area contributed by atoms with Crippen LogP contribution in [0.5, 0.6) is 0 Å². The van der Waals surface area contributed by atoms with Gasteiger partial charge in [0, 0.05) is 22.9 Å². The molecule has 0 aliphatic rings. The third kappa shape index (κ3) is 2.92. The summed E-state index contributed by atoms with van der Waals surface area (Å²) in [5, 5.41) is 9.18. The fraction of sp³-hybridized carbons (Fsp3) is 0.176. The zero-order chi connectivity index (χ0) is 16.6. The van der Waals surface area contributed by atoms with Crippen LogP contribution in [0, 0.1) is 32.4 Å². The molecule has 0 spiro atoms. The Hall–Kier alpha value is -2.76. The zero-order valence-corrected chi connectivity index (χ0v) is 12.9. The minimum atomic E-state index is -0.298. The first-order chi connectivity index (χ1) is 11.0. The molecule has 4 rings (SSSR count). The van der Waals surface area contributed by atoms with Crippen molar-refractivity contribution in [1.82, 2.24) is 10.3 Å². The highest BCUT2D eigenvalue weighted by atomic mass is 19.1. The van der Waals surface area contributed by atoms with E-state index in [1.807, 2.05) is 13.8 Å². The van der Waals surface area contributed by atoms with Gasteiger partial charge in [0.15, 0.2) is 11.2 Å². The molecule has 0 saturated heterocycles. The molecule has 2 aromatic carbocycles. The topological polar surface area (TPSA) is 52.1 Å². The van der Waals surface area contributed by atoms with Gasteiger partial charge in [0.1, 0.15) is 11.6 Å². The maximum Gasteiger partial charge on any atom is 0.170 e. The summed E-state index contributed by atoms with van der Waals surface area (Å²) >= 11 is 0. The van der Waals surface area contributed by atoms with Crippen LogP contribution in [-0.2, 0) is 0 Å². The van der Waals surface area contributed by atoms with Crippen molar-refractivity contribution < 1.29 is 17.8 Å². The summed E-state index contributed by atoms with van der Waals surface area (Å²) < 4.78 is 35.3. The van der Waals surface area contributed by atoms with E-state index in [9.17, 15) is 8.78 Å². The number of aryl methyl sites for hydroxylation is 3. The molecule has 0 bridgehead atoms. The first-order valence-corrected chi connectivity index (χ1v) is 6.99. The molecule has 23 heavy (non-hydrogen) atoms. The average Bonchev–Trinajstić information content (AvgIpc) is 3.05. The van der Waals surface area contributed by atoms with Gasteiger partial charge in [0.05, 0.1) is 11.4 Å². The Kier molecular flexibility index (Phi) is 3.82. The Morgan fingerprint density at radius 3 is 2.09 bits per heavy atom. The summed E-state index contributed by atoms with van der Waals surface area (Å²) in [5.74, 6) is -0.549. The maximum absolute atomic E-state index is 13.0. The van der Waals surface area contributed by atoms with Crippen molar-refractivity contribution in [2.45, 2.75) is 20.8 Å². The zero-order valence-electron chi connectivity index (χ0n) is 12.9. The lowest BCUT2D eigenvalue weighted by atomic mass is 10.1. The van der Waals surface area contributed by atoms with E-state index in [2.05, 4.69) is 10.3 Å². The molecule has 2 heterocycles. The highest BCUT2D eigenvalue weighted by molar-refractivity contribution is 5.80. The van der Waals surface area contributed by atoms with Crippen LogP contribution >= 0.6 is 0 Å². The largest absolute Gasteiger partial charge is 0.356 e. The molecule has 0 aliphatic carbocycles. The second-order valence-corrected chi connectivity index (χ2v) is 5.27. The first kappa shape index (κ1) is 15.1. The Balaban J connectivity index is 0.000000136. The standard InChI is InChI=1S/C9H8FNO.C8H6FNO/c1-5-3-7-6(2)11-12-9(7)4-8(5)10;1-5-7-3-2-6(9)4-8(7)11-10-5/h3-4H,1-2H3;2-4H,1H3. The van der Waals surface area contributed by atoms with Gasteiger partial charge in [-0.2, -0.15) is 0 Å². The van der Waals surface area contributed by atoms with Crippen LogP contribution in [0.4, 0.5) is 8.78 Å². The summed E-state index contributed by atoms with van der Waals surface area (Å²) in [6, 6.07) is 7.50. The van der Waals surface area contributed by atoms with Gasteiger partial charge >= 0.3 is 0 Å². The molecule has 0 N–H and O–H groups in total. The van der Waals surface area contributed by atoms with E-state index in [1.54, 1.807) is 19.1 Å². The molecule has 0 aliphatic heterocycles. The number of fused-ring (bicyclic) bond motifs is 2. The van der Waals surface area contributed by atoms with Gasteiger partial charge in [-0.15, -0.1) is 0 Å². The molecule has 4 aromatic rings. The Labute approximate surface area is 130 Å². The van der Waals surface area contributed by atoms with E-state index in [0.29, 0.717) is 16.7 Å².